The first-order valence-electron chi connectivity index (χ1n) is 8.20. The summed E-state index contributed by atoms with van der Waals surface area (Å²) >= 11 is 0. The molecule has 2 amide bonds. The van der Waals surface area contributed by atoms with Crippen LogP contribution in [0.15, 0.2) is 48.5 Å². The topological polar surface area (TPSA) is 102 Å². The summed E-state index contributed by atoms with van der Waals surface area (Å²) < 4.78 is 43.0. The molecule has 6 nitrogen and oxygen atoms in total. The summed E-state index contributed by atoms with van der Waals surface area (Å²) in [6.07, 6.45) is -6.27. The van der Waals surface area contributed by atoms with E-state index in [1.54, 1.807) is 24.3 Å². The zero-order chi connectivity index (χ0) is 20.9. The molecule has 0 radical (unpaired) electrons. The average Bonchev–Trinajstić information content (AvgIpc) is 2.66. The van der Waals surface area contributed by atoms with Gasteiger partial charge in [-0.3, -0.25) is 9.59 Å². The van der Waals surface area contributed by atoms with Gasteiger partial charge < -0.3 is 20.9 Å². The van der Waals surface area contributed by atoms with Crippen LogP contribution in [0.5, 0.6) is 5.75 Å². The van der Waals surface area contributed by atoms with E-state index in [0.29, 0.717) is 11.3 Å². The molecule has 4 N–H and O–H groups in total. The van der Waals surface area contributed by atoms with Gasteiger partial charge in [-0.2, -0.15) is 13.2 Å². The van der Waals surface area contributed by atoms with Crippen molar-refractivity contribution in [3.8, 4) is 5.75 Å². The van der Waals surface area contributed by atoms with Gasteiger partial charge in [-0.05, 0) is 29.3 Å². The molecule has 0 unspecified atom stereocenters. The number of nitrogens with one attached hydrogen (secondary N) is 1. The Morgan fingerprint density at radius 2 is 1.75 bits per heavy atom. The van der Waals surface area contributed by atoms with E-state index in [1.165, 1.54) is 7.11 Å². The van der Waals surface area contributed by atoms with E-state index < -0.39 is 35.7 Å². The van der Waals surface area contributed by atoms with Crippen LogP contribution in [0.3, 0.4) is 0 Å². The van der Waals surface area contributed by atoms with E-state index in [-0.39, 0.29) is 12.0 Å². The first-order valence-corrected chi connectivity index (χ1v) is 8.20. The van der Waals surface area contributed by atoms with E-state index in [0.717, 1.165) is 24.3 Å². The molecule has 0 fully saturated rings. The predicted octanol–water partition coefficient (Wildman–Crippen LogP) is 1.96. The highest BCUT2D eigenvalue weighted by atomic mass is 19.4. The van der Waals surface area contributed by atoms with Gasteiger partial charge in [-0.1, -0.05) is 30.3 Å². The summed E-state index contributed by atoms with van der Waals surface area (Å²) in [6, 6.07) is 9.16. The number of aliphatic hydroxyl groups is 1. The maximum Gasteiger partial charge on any atom is 0.416 e. The average molecular weight is 396 g/mol. The number of amides is 2. The molecular weight excluding hydrogens is 377 g/mol. The third-order valence-electron chi connectivity index (χ3n) is 4.08. The van der Waals surface area contributed by atoms with Gasteiger partial charge in [-0.25, -0.2) is 0 Å². The fourth-order valence-corrected chi connectivity index (χ4v) is 2.57. The third kappa shape index (κ3) is 5.23. The minimum Gasteiger partial charge on any atom is -0.496 e. The summed E-state index contributed by atoms with van der Waals surface area (Å²) in [6.45, 7) is 0. The molecule has 0 aliphatic carbocycles. The van der Waals surface area contributed by atoms with E-state index in [9.17, 15) is 27.9 Å². The van der Waals surface area contributed by atoms with Crippen molar-refractivity contribution in [2.45, 2.75) is 24.7 Å². The Hall–Kier alpha value is -3.07. The minimum atomic E-state index is -4.53. The highest BCUT2D eigenvalue weighted by molar-refractivity contribution is 5.89. The molecule has 0 spiro atoms. The number of para-hydroxylation sites is 1. The molecule has 0 aromatic heterocycles. The molecule has 2 aromatic carbocycles. The Morgan fingerprint density at radius 1 is 1.14 bits per heavy atom. The summed E-state index contributed by atoms with van der Waals surface area (Å²) in [5.41, 5.74) is 4.98. The molecule has 0 aliphatic heterocycles. The fraction of sp³-hybridized carbons (Fsp3) is 0.263. The molecule has 0 saturated carbocycles. The number of carbonyl (C=O) groups is 2. The van der Waals surface area contributed by atoms with Crippen molar-refractivity contribution in [2.24, 2.45) is 5.73 Å². The molecule has 0 aliphatic rings. The Bertz CT molecular complexity index is 838. The van der Waals surface area contributed by atoms with Gasteiger partial charge in [0.15, 0.2) is 6.10 Å². The Morgan fingerprint density at radius 3 is 2.29 bits per heavy atom. The van der Waals surface area contributed by atoms with Crippen molar-refractivity contribution in [1.82, 2.24) is 5.32 Å². The van der Waals surface area contributed by atoms with Crippen LogP contribution in [0.4, 0.5) is 13.2 Å². The van der Waals surface area contributed by atoms with Gasteiger partial charge in [0, 0.05) is 6.42 Å². The van der Waals surface area contributed by atoms with E-state index in [4.69, 9.17) is 10.5 Å². The first-order chi connectivity index (χ1) is 13.1. The van der Waals surface area contributed by atoms with Crippen LogP contribution < -0.4 is 15.8 Å². The molecule has 150 valence electrons. The number of carbonyl (C=O) groups excluding carboxylic acids is 2. The van der Waals surface area contributed by atoms with Crippen molar-refractivity contribution in [3.05, 3.63) is 65.2 Å². The number of hydrogen-bond donors (Lipinski definition) is 3. The number of nitrogens with two attached hydrogens (primary N) is 1. The highest BCUT2D eigenvalue weighted by Crippen LogP contribution is 2.30. The Kier molecular flexibility index (Phi) is 6.63. The van der Waals surface area contributed by atoms with Crippen LogP contribution in [0.25, 0.3) is 0 Å². The zero-order valence-electron chi connectivity index (χ0n) is 14.9. The van der Waals surface area contributed by atoms with Crippen LogP contribution in [0, 0.1) is 0 Å². The third-order valence-corrected chi connectivity index (χ3v) is 4.08. The molecule has 2 rings (SSSR count). The number of hydrogen-bond acceptors (Lipinski definition) is 4. The fourth-order valence-electron chi connectivity index (χ4n) is 2.57. The van der Waals surface area contributed by atoms with Crippen molar-refractivity contribution < 1.29 is 32.6 Å². The van der Waals surface area contributed by atoms with Gasteiger partial charge in [-0.15, -0.1) is 0 Å². The van der Waals surface area contributed by atoms with Crippen LogP contribution in [-0.2, 0) is 22.2 Å². The number of rotatable bonds is 7. The maximum atomic E-state index is 12.6. The predicted molar refractivity (Wildman–Crippen MR) is 94.2 cm³/mol. The van der Waals surface area contributed by atoms with Gasteiger partial charge in [0.05, 0.1) is 12.7 Å². The van der Waals surface area contributed by atoms with Gasteiger partial charge in [0.2, 0.25) is 5.91 Å². The summed E-state index contributed by atoms with van der Waals surface area (Å²) in [4.78, 5) is 24.0. The first kappa shape index (κ1) is 21.2. The van der Waals surface area contributed by atoms with Crippen molar-refractivity contribution in [1.29, 1.82) is 0 Å². The van der Waals surface area contributed by atoms with Gasteiger partial charge in [0.1, 0.15) is 11.8 Å². The lowest BCUT2D eigenvalue weighted by atomic mass is 10.0. The second kappa shape index (κ2) is 8.75. The molecule has 0 saturated heterocycles. The molecule has 0 bridgehead atoms. The number of primary amides is 1. The standard InChI is InChI=1S/C19H19F3N2O4/c1-28-15-5-3-2-4-12(15)10-14(17(23)26)24-18(27)16(25)11-6-8-13(9-7-11)19(20,21)22/h2-9,14,16,25H,10H2,1H3,(H2,23,26)(H,24,27)/t14-,16+/m1/s1. The number of methoxy groups -OCH3 is 1. The lowest BCUT2D eigenvalue weighted by Gasteiger charge is -2.19. The smallest absolute Gasteiger partial charge is 0.416 e. The molecule has 2 atom stereocenters. The monoisotopic (exact) mass is 396 g/mol. The highest BCUT2D eigenvalue weighted by Gasteiger charge is 2.31. The Labute approximate surface area is 159 Å². The molecule has 9 heteroatoms. The second-order valence-corrected chi connectivity index (χ2v) is 6.00. The van der Waals surface area contributed by atoms with Crippen LogP contribution in [-0.4, -0.2) is 30.1 Å². The van der Waals surface area contributed by atoms with Crippen molar-refractivity contribution >= 4 is 11.8 Å². The van der Waals surface area contributed by atoms with Crippen LogP contribution >= 0.6 is 0 Å². The van der Waals surface area contributed by atoms with Gasteiger partial charge in [0.25, 0.3) is 5.91 Å². The Balaban J connectivity index is 2.12. The van der Waals surface area contributed by atoms with Crippen molar-refractivity contribution in [3.63, 3.8) is 0 Å². The molecule has 28 heavy (non-hydrogen) atoms. The lowest BCUT2D eigenvalue weighted by Crippen LogP contribution is -2.47. The molecular formula is C19H19F3N2O4. The lowest BCUT2D eigenvalue weighted by molar-refractivity contribution is -0.137. The summed E-state index contributed by atoms with van der Waals surface area (Å²) in [5.74, 6) is -1.30. The minimum absolute atomic E-state index is 0.0187. The summed E-state index contributed by atoms with van der Waals surface area (Å²) in [5, 5.41) is 12.4. The van der Waals surface area contributed by atoms with Crippen LogP contribution in [0.2, 0.25) is 0 Å². The van der Waals surface area contributed by atoms with Gasteiger partial charge >= 0.3 is 6.18 Å². The normalized spacial score (nSPS) is 13.5. The van der Waals surface area contributed by atoms with Crippen LogP contribution in [0.1, 0.15) is 22.8 Å². The second-order valence-electron chi connectivity index (χ2n) is 6.00. The largest absolute Gasteiger partial charge is 0.496 e. The zero-order valence-corrected chi connectivity index (χ0v) is 14.9. The number of halogens is 3. The summed E-state index contributed by atoms with van der Waals surface area (Å²) in [7, 11) is 1.45. The SMILES string of the molecule is COc1ccccc1C[C@@H](NC(=O)[C@@H](O)c1ccc(C(F)(F)F)cc1)C(N)=O. The number of benzene rings is 2. The number of ether oxygens (including phenoxy) is 1. The maximum absolute atomic E-state index is 12.6. The van der Waals surface area contributed by atoms with E-state index >= 15 is 0 Å². The van der Waals surface area contributed by atoms with E-state index in [2.05, 4.69) is 5.32 Å². The number of aliphatic hydroxyl groups excluding tert-OH is 1. The quantitative estimate of drug-likeness (QED) is 0.666. The van der Waals surface area contributed by atoms with Crippen molar-refractivity contribution in [2.75, 3.05) is 7.11 Å². The van der Waals surface area contributed by atoms with E-state index in [1.807, 2.05) is 0 Å². The molecule has 0 heterocycles. The molecule has 2 aromatic rings. The number of alkyl halides is 3.